The Morgan fingerprint density at radius 2 is 1.62 bits per heavy atom. The second-order valence-electron chi connectivity index (χ2n) is 2.94. The van der Waals surface area contributed by atoms with Crippen LogP contribution in [-0.2, 0) is 9.47 Å². The first-order valence-electron chi connectivity index (χ1n) is 4.30. The number of nitrogens with two attached hydrogens (primary N) is 1. The molecule has 0 aliphatic heterocycles. The number of anilines is 1. The standard InChI is InChI=1S/C10H11NO5/c1-15-9(13)5-3-6(10(14)16-2)8(12)4-7(5)11/h3-4,12H,11H2,1-2H3. The van der Waals surface area contributed by atoms with Crippen LogP contribution < -0.4 is 5.73 Å². The van der Waals surface area contributed by atoms with Gasteiger partial charge in [0.2, 0.25) is 0 Å². The van der Waals surface area contributed by atoms with E-state index in [0.717, 1.165) is 19.2 Å². The van der Waals surface area contributed by atoms with Gasteiger partial charge >= 0.3 is 11.9 Å². The summed E-state index contributed by atoms with van der Waals surface area (Å²) < 4.78 is 8.91. The fraction of sp³-hybridized carbons (Fsp3) is 0.200. The number of carbonyl (C=O) groups excluding carboxylic acids is 2. The van der Waals surface area contributed by atoms with Crippen LogP contribution in [0, 0.1) is 0 Å². The zero-order chi connectivity index (χ0) is 12.3. The average Bonchev–Trinajstić information content (AvgIpc) is 2.27. The third-order valence-corrected chi connectivity index (χ3v) is 1.98. The summed E-state index contributed by atoms with van der Waals surface area (Å²) in [6.07, 6.45) is 0. The summed E-state index contributed by atoms with van der Waals surface area (Å²) in [4.78, 5) is 22.5. The van der Waals surface area contributed by atoms with Crippen molar-refractivity contribution in [1.82, 2.24) is 0 Å². The van der Waals surface area contributed by atoms with Crippen LogP contribution in [0.4, 0.5) is 5.69 Å². The third-order valence-electron chi connectivity index (χ3n) is 1.98. The van der Waals surface area contributed by atoms with E-state index in [2.05, 4.69) is 9.47 Å². The lowest BCUT2D eigenvalue weighted by atomic mass is 10.1. The van der Waals surface area contributed by atoms with Gasteiger partial charge in [0.05, 0.1) is 19.8 Å². The fourth-order valence-corrected chi connectivity index (χ4v) is 1.16. The number of aromatic hydroxyl groups is 1. The van der Waals surface area contributed by atoms with Gasteiger partial charge in [-0.05, 0) is 6.07 Å². The van der Waals surface area contributed by atoms with Crippen LogP contribution in [-0.4, -0.2) is 31.3 Å². The van der Waals surface area contributed by atoms with Gasteiger partial charge in [-0.3, -0.25) is 0 Å². The van der Waals surface area contributed by atoms with Crippen LogP contribution in [0.15, 0.2) is 12.1 Å². The third kappa shape index (κ3) is 2.05. The van der Waals surface area contributed by atoms with E-state index in [1.165, 1.54) is 7.11 Å². The monoisotopic (exact) mass is 225 g/mol. The van der Waals surface area contributed by atoms with Crippen molar-refractivity contribution in [2.75, 3.05) is 20.0 Å². The molecule has 0 aromatic heterocycles. The Morgan fingerprint density at radius 3 is 2.12 bits per heavy atom. The highest BCUT2D eigenvalue weighted by molar-refractivity contribution is 6.00. The van der Waals surface area contributed by atoms with E-state index in [1.807, 2.05) is 0 Å². The van der Waals surface area contributed by atoms with Gasteiger partial charge in [0.1, 0.15) is 11.3 Å². The molecule has 16 heavy (non-hydrogen) atoms. The molecule has 0 radical (unpaired) electrons. The van der Waals surface area contributed by atoms with Crippen molar-refractivity contribution in [2.45, 2.75) is 0 Å². The highest BCUT2D eigenvalue weighted by atomic mass is 16.5. The molecule has 0 unspecified atom stereocenters. The van der Waals surface area contributed by atoms with E-state index in [-0.39, 0.29) is 22.6 Å². The largest absolute Gasteiger partial charge is 0.507 e. The van der Waals surface area contributed by atoms with Gasteiger partial charge in [-0.2, -0.15) is 0 Å². The maximum Gasteiger partial charge on any atom is 0.341 e. The van der Waals surface area contributed by atoms with Crippen molar-refractivity contribution in [3.63, 3.8) is 0 Å². The van der Waals surface area contributed by atoms with E-state index in [9.17, 15) is 14.7 Å². The highest BCUT2D eigenvalue weighted by Crippen LogP contribution is 2.25. The predicted octanol–water partition coefficient (Wildman–Crippen LogP) is 0.548. The first-order valence-corrected chi connectivity index (χ1v) is 4.30. The molecule has 0 saturated heterocycles. The second-order valence-corrected chi connectivity index (χ2v) is 2.94. The lowest BCUT2D eigenvalue weighted by Gasteiger charge is -2.08. The molecule has 3 N–H and O–H groups in total. The lowest BCUT2D eigenvalue weighted by molar-refractivity contribution is 0.0597. The van der Waals surface area contributed by atoms with Gasteiger partial charge in [0.15, 0.2) is 0 Å². The van der Waals surface area contributed by atoms with Gasteiger partial charge in [0.25, 0.3) is 0 Å². The Balaban J connectivity index is 3.32. The molecule has 0 atom stereocenters. The summed E-state index contributed by atoms with van der Waals surface area (Å²) in [6, 6.07) is 2.22. The van der Waals surface area contributed by atoms with Crippen molar-refractivity contribution in [3.8, 4) is 5.75 Å². The van der Waals surface area contributed by atoms with Crippen molar-refractivity contribution in [2.24, 2.45) is 0 Å². The Kier molecular flexibility index (Phi) is 3.34. The number of benzene rings is 1. The molecule has 0 aliphatic carbocycles. The zero-order valence-electron chi connectivity index (χ0n) is 8.81. The minimum Gasteiger partial charge on any atom is -0.507 e. The summed E-state index contributed by atoms with van der Waals surface area (Å²) in [5.41, 5.74) is 5.38. The normalized spacial score (nSPS) is 9.62. The molecule has 6 nitrogen and oxygen atoms in total. The second kappa shape index (κ2) is 4.52. The number of ether oxygens (including phenoxy) is 2. The highest BCUT2D eigenvalue weighted by Gasteiger charge is 2.18. The first-order chi connectivity index (χ1) is 7.51. The number of nitrogen functional groups attached to an aromatic ring is 1. The van der Waals surface area contributed by atoms with Crippen molar-refractivity contribution in [1.29, 1.82) is 0 Å². The summed E-state index contributed by atoms with van der Waals surface area (Å²) in [5, 5.41) is 9.44. The number of esters is 2. The maximum atomic E-state index is 11.3. The number of phenols is 1. The maximum absolute atomic E-state index is 11.3. The molecule has 0 aliphatic rings. The van der Waals surface area contributed by atoms with E-state index < -0.39 is 11.9 Å². The molecule has 1 aromatic carbocycles. The van der Waals surface area contributed by atoms with E-state index >= 15 is 0 Å². The number of hydrogen-bond acceptors (Lipinski definition) is 6. The van der Waals surface area contributed by atoms with Crippen LogP contribution in [0.5, 0.6) is 5.75 Å². The molecule has 0 saturated carbocycles. The zero-order valence-corrected chi connectivity index (χ0v) is 8.81. The van der Waals surface area contributed by atoms with Gasteiger partial charge in [-0.15, -0.1) is 0 Å². The minimum atomic E-state index is -0.761. The smallest absolute Gasteiger partial charge is 0.341 e. The molecule has 0 amide bonds. The lowest BCUT2D eigenvalue weighted by Crippen LogP contribution is -2.09. The Morgan fingerprint density at radius 1 is 1.12 bits per heavy atom. The number of rotatable bonds is 2. The quantitative estimate of drug-likeness (QED) is 0.563. The van der Waals surface area contributed by atoms with Gasteiger partial charge in [-0.1, -0.05) is 0 Å². The minimum absolute atomic E-state index is 0.000648. The van der Waals surface area contributed by atoms with Gasteiger partial charge < -0.3 is 20.3 Å². The van der Waals surface area contributed by atoms with Gasteiger partial charge in [0, 0.05) is 11.8 Å². The molecule has 0 fully saturated rings. The van der Waals surface area contributed by atoms with E-state index in [1.54, 1.807) is 0 Å². The van der Waals surface area contributed by atoms with Crippen molar-refractivity contribution < 1.29 is 24.2 Å². The van der Waals surface area contributed by atoms with Gasteiger partial charge in [-0.25, -0.2) is 9.59 Å². The van der Waals surface area contributed by atoms with E-state index in [0.29, 0.717) is 0 Å². The molecule has 6 heteroatoms. The van der Waals surface area contributed by atoms with Crippen LogP contribution in [0.3, 0.4) is 0 Å². The van der Waals surface area contributed by atoms with Crippen LogP contribution in [0.2, 0.25) is 0 Å². The molecule has 86 valence electrons. The Bertz CT molecular complexity index is 404. The number of methoxy groups -OCH3 is 2. The van der Waals surface area contributed by atoms with Crippen molar-refractivity contribution >= 4 is 17.6 Å². The summed E-state index contributed by atoms with van der Waals surface area (Å²) >= 11 is 0. The predicted molar refractivity (Wildman–Crippen MR) is 55.2 cm³/mol. The molecule has 0 heterocycles. The van der Waals surface area contributed by atoms with Crippen LogP contribution in [0.25, 0.3) is 0 Å². The first kappa shape index (κ1) is 11.8. The molecule has 0 bridgehead atoms. The molecule has 1 rings (SSSR count). The topological polar surface area (TPSA) is 98.9 Å². The Hall–Kier alpha value is -2.24. The number of hydrogen-bond donors (Lipinski definition) is 2. The van der Waals surface area contributed by atoms with Crippen molar-refractivity contribution in [3.05, 3.63) is 23.3 Å². The molecule has 0 spiro atoms. The molecule has 1 aromatic rings. The molecular weight excluding hydrogens is 214 g/mol. The summed E-state index contributed by atoms with van der Waals surface area (Å²) in [7, 11) is 2.35. The number of phenolic OH excluding ortho intramolecular Hbond substituents is 1. The van der Waals surface area contributed by atoms with Crippen LogP contribution >= 0.6 is 0 Å². The number of carbonyl (C=O) groups is 2. The Labute approximate surface area is 91.6 Å². The average molecular weight is 225 g/mol. The fourth-order valence-electron chi connectivity index (χ4n) is 1.16. The molecular formula is C10H11NO5. The van der Waals surface area contributed by atoms with E-state index in [4.69, 9.17) is 5.73 Å². The summed E-state index contributed by atoms with van der Waals surface area (Å²) in [6.45, 7) is 0. The summed E-state index contributed by atoms with van der Waals surface area (Å²) in [5.74, 6) is -1.80. The SMILES string of the molecule is COC(=O)c1cc(C(=O)OC)c(O)cc1N. The van der Waals surface area contributed by atoms with Crippen LogP contribution in [0.1, 0.15) is 20.7 Å².